The van der Waals surface area contributed by atoms with Crippen molar-refractivity contribution < 1.29 is 14.3 Å². The molecule has 4 aromatic rings. The summed E-state index contributed by atoms with van der Waals surface area (Å²) in [7, 11) is 1.64. The number of hydrogen-bond acceptors (Lipinski definition) is 10. The van der Waals surface area contributed by atoms with Gasteiger partial charge in [0.05, 0.1) is 48.1 Å². The molecule has 0 unspecified atom stereocenters. The highest BCUT2D eigenvalue weighted by molar-refractivity contribution is 5.68. The van der Waals surface area contributed by atoms with Crippen LogP contribution in [-0.4, -0.2) is 56.4 Å². The smallest absolute Gasteiger partial charge is 0.373 e. The fraction of sp³-hybridized carbons (Fsp3) is 0.296. The Morgan fingerprint density at radius 3 is 2.45 bits per heavy atom. The molecule has 1 aromatic carbocycles. The van der Waals surface area contributed by atoms with Crippen LogP contribution in [-0.2, 0) is 26.3 Å². The molecule has 0 radical (unpaired) electrons. The first-order chi connectivity index (χ1) is 18.3. The number of ether oxygens (including phenoxy) is 1. The van der Waals surface area contributed by atoms with Gasteiger partial charge in [0.15, 0.2) is 0 Å². The van der Waals surface area contributed by atoms with Crippen molar-refractivity contribution in [3.63, 3.8) is 0 Å². The van der Waals surface area contributed by atoms with Gasteiger partial charge in [-0.1, -0.05) is 44.2 Å². The maximum absolute atomic E-state index is 9.29. The fourth-order valence-electron chi connectivity index (χ4n) is 3.46. The number of hydrogen-bond donors (Lipinski definition) is 1. The van der Waals surface area contributed by atoms with Crippen LogP contribution >= 0.6 is 0 Å². The molecule has 38 heavy (non-hydrogen) atoms. The summed E-state index contributed by atoms with van der Waals surface area (Å²) in [5.41, 5.74) is 5.21. The van der Waals surface area contributed by atoms with Crippen LogP contribution in [0.5, 0.6) is 0 Å². The number of anilines is 1. The minimum atomic E-state index is -0.0318. The number of rotatable bonds is 8. The van der Waals surface area contributed by atoms with Crippen LogP contribution in [0.15, 0.2) is 54.7 Å². The molecule has 0 aliphatic heterocycles. The van der Waals surface area contributed by atoms with Crippen molar-refractivity contribution in [1.29, 1.82) is 5.26 Å². The zero-order valence-electron chi connectivity index (χ0n) is 21.7. The first-order valence-electron chi connectivity index (χ1n) is 11.8. The number of carbonyl (C=O) groups excluding carboxylic acids is 2. The van der Waals surface area contributed by atoms with Crippen LogP contribution < -0.4 is 5.32 Å². The van der Waals surface area contributed by atoms with Gasteiger partial charge >= 0.3 is 6.15 Å². The Morgan fingerprint density at radius 1 is 1.00 bits per heavy atom. The number of nitrogens with zero attached hydrogens (tertiary/aromatic N) is 7. The second-order valence-electron chi connectivity index (χ2n) is 9.22. The average molecular weight is 513 g/mol. The molecule has 0 bridgehead atoms. The van der Waals surface area contributed by atoms with E-state index in [1.54, 1.807) is 23.9 Å². The third kappa shape index (κ3) is 7.61. The summed E-state index contributed by atoms with van der Waals surface area (Å²) in [6.07, 6.45) is 2.10. The quantitative estimate of drug-likeness (QED) is 0.348. The van der Waals surface area contributed by atoms with Gasteiger partial charge in [0.1, 0.15) is 5.69 Å². The molecule has 4 rings (SSSR count). The van der Waals surface area contributed by atoms with E-state index in [-0.39, 0.29) is 11.6 Å². The maximum Gasteiger partial charge on any atom is 0.373 e. The Labute approximate surface area is 220 Å². The summed E-state index contributed by atoms with van der Waals surface area (Å²) >= 11 is 0. The van der Waals surface area contributed by atoms with Crippen molar-refractivity contribution in [2.24, 2.45) is 0 Å². The van der Waals surface area contributed by atoms with Crippen molar-refractivity contribution in [1.82, 2.24) is 29.9 Å². The lowest BCUT2D eigenvalue weighted by Crippen LogP contribution is -2.15. The highest BCUT2D eigenvalue weighted by Gasteiger charge is 2.16. The van der Waals surface area contributed by atoms with E-state index in [0.717, 1.165) is 17.0 Å². The molecule has 0 atom stereocenters. The van der Waals surface area contributed by atoms with E-state index in [4.69, 9.17) is 19.3 Å². The molecule has 0 aliphatic rings. The second-order valence-corrected chi connectivity index (χ2v) is 9.22. The molecule has 194 valence electrons. The lowest BCUT2D eigenvalue weighted by molar-refractivity contribution is -0.191. The van der Waals surface area contributed by atoms with E-state index in [9.17, 15) is 5.26 Å². The van der Waals surface area contributed by atoms with Crippen LogP contribution in [0.2, 0.25) is 0 Å². The third-order valence-corrected chi connectivity index (χ3v) is 5.30. The lowest BCUT2D eigenvalue weighted by Gasteiger charge is -2.18. The lowest BCUT2D eigenvalue weighted by atomic mass is 9.91. The zero-order chi connectivity index (χ0) is 27.5. The molecular weight excluding hydrogens is 484 g/mol. The number of pyridine rings is 1. The van der Waals surface area contributed by atoms with Gasteiger partial charge in [0.25, 0.3) is 0 Å². The van der Waals surface area contributed by atoms with Gasteiger partial charge < -0.3 is 10.1 Å². The van der Waals surface area contributed by atoms with Gasteiger partial charge in [0.2, 0.25) is 5.95 Å². The molecule has 3 heterocycles. The largest absolute Gasteiger partial charge is 0.383 e. The Balaban J connectivity index is 0.00000127. The summed E-state index contributed by atoms with van der Waals surface area (Å²) in [6, 6.07) is 17.4. The van der Waals surface area contributed by atoms with Crippen LogP contribution in [0.1, 0.15) is 37.7 Å². The van der Waals surface area contributed by atoms with Gasteiger partial charge in [-0.25, -0.2) is 14.6 Å². The number of aromatic nitrogens is 6. The second kappa shape index (κ2) is 13.0. The molecule has 3 aromatic heterocycles. The molecule has 0 saturated heterocycles. The number of nitriles is 1. The monoisotopic (exact) mass is 512 g/mol. The minimum Gasteiger partial charge on any atom is -0.383 e. The molecule has 11 nitrogen and oxygen atoms in total. The number of nitrogens with one attached hydrogen (secondary N) is 1. The van der Waals surface area contributed by atoms with E-state index >= 15 is 0 Å². The summed E-state index contributed by atoms with van der Waals surface area (Å²) < 4.78 is 6.88. The molecule has 0 fully saturated rings. The van der Waals surface area contributed by atoms with Gasteiger partial charge in [-0.05, 0) is 30.3 Å². The Bertz CT molecular complexity index is 1450. The average Bonchev–Trinajstić information content (AvgIpc) is 3.37. The summed E-state index contributed by atoms with van der Waals surface area (Å²) in [6.45, 7) is 8.00. The SMILES string of the molecule is COCCNc1nc(-c2cccc(C#N)c2)cc(-c2cn(Cc3cccc(C(C)(C)C)n3)nn2)n1.O=C=O. The Kier molecular flexibility index (Phi) is 9.48. The number of benzene rings is 1. The normalized spacial score (nSPS) is 10.6. The standard InChI is InChI=1S/C26H28N8O.CO2/c1-26(2,3)24-10-6-9-20(29-24)16-34-17-23(32-33-34)22-14-21(19-8-5-7-18(13-19)15-27)30-25(31-22)28-11-12-35-4;2-1-3/h5-10,13-14,17H,11-12,16H2,1-4H3,(H,28,30,31);. The van der Waals surface area contributed by atoms with Gasteiger partial charge in [-0.3, -0.25) is 4.98 Å². The highest BCUT2D eigenvalue weighted by atomic mass is 16.5. The van der Waals surface area contributed by atoms with E-state index in [1.807, 2.05) is 42.6 Å². The number of methoxy groups -OCH3 is 1. The zero-order valence-corrected chi connectivity index (χ0v) is 21.7. The molecule has 0 aliphatic carbocycles. The van der Waals surface area contributed by atoms with Crippen molar-refractivity contribution in [2.75, 3.05) is 25.6 Å². The summed E-state index contributed by atoms with van der Waals surface area (Å²) in [4.78, 5) is 30.3. The van der Waals surface area contributed by atoms with E-state index in [1.165, 1.54) is 0 Å². The van der Waals surface area contributed by atoms with Gasteiger partial charge in [0, 0.05) is 30.3 Å². The fourth-order valence-corrected chi connectivity index (χ4v) is 3.46. The van der Waals surface area contributed by atoms with Crippen molar-refractivity contribution in [3.05, 3.63) is 71.7 Å². The predicted molar refractivity (Wildman–Crippen MR) is 139 cm³/mol. The molecule has 1 N–H and O–H groups in total. The predicted octanol–water partition coefficient (Wildman–Crippen LogP) is 3.49. The van der Waals surface area contributed by atoms with Gasteiger partial charge in [-0.2, -0.15) is 14.9 Å². The highest BCUT2D eigenvalue weighted by Crippen LogP contribution is 2.25. The van der Waals surface area contributed by atoms with Crippen LogP contribution in [0, 0.1) is 11.3 Å². The van der Waals surface area contributed by atoms with Crippen LogP contribution in [0.4, 0.5) is 5.95 Å². The van der Waals surface area contributed by atoms with Gasteiger partial charge in [-0.15, -0.1) is 5.10 Å². The summed E-state index contributed by atoms with van der Waals surface area (Å²) in [5, 5.41) is 21.1. The minimum absolute atomic E-state index is 0.0318. The van der Waals surface area contributed by atoms with E-state index in [2.05, 4.69) is 52.4 Å². The van der Waals surface area contributed by atoms with E-state index in [0.29, 0.717) is 48.3 Å². The Hall–Kier alpha value is -4.78. The molecular formula is C27H28N8O3. The summed E-state index contributed by atoms with van der Waals surface area (Å²) in [5.74, 6) is 0.450. The van der Waals surface area contributed by atoms with Crippen molar-refractivity contribution in [3.8, 4) is 28.7 Å². The van der Waals surface area contributed by atoms with Crippen molar-refractivity contribution >= 4 is 12.1 Å². The molecule has 11 heteroatoms. The topological polar surface area (TPSA) is 149 Å². The molecule has 0 saturated carbocycles. The maximum atomic E-state index is 9.29. The van der Waals surface area contributed by atoms with Crippen LogP contribution in [0.3, 0.4) is 0 Å². The third-order valence-electron chi connectivity index (χ3n) is 5.30. The van der Waals surface area contributed by atoms with E-state index < -0.39 is 0 Å². The molecule has 0 spiro atoms. The van der Waals surface area contributed by atoms with Crippen molar-refractivity contribution in [2.45, 2.75) is 32.7 Å². The first-order valence-corrected chi connectivity index (χ1v) is 11.8. The van der Waals surface area contributed by atoms with Crippen LogP contribution in [0.25, 0.3) is 22.6 Å². The Morgan fingerprint density at radius 2 is 1.74 bits per heavy atom. The first kappa shape index (κ1) is 27.8. The molecule has 0 amide bonds.